The highest BCUT2D eigenvalue weighted by Gasteiger charge is 2.37. The smallest absolute Gasteiger partial charge is 0.339 e. The van der Waals surface area contributed by atoms with E-state index in [0.717, 1.165) is 22.1 Å². The number of hydrogen-bond acceptors (Lipinski definition) is 6. The number of nitrogens with zero attached hydrogens (tertiary/aromatic N) is 1. The van der Waals surface area contributed by atoms with Gasteiger partial charge in [-0.1, -0.05) is 54.4 Å². The van der Waals surface area contributed by atoms with Crippen LogP contribution >= 0.6 is 11.6 Å². The number of benzene rings is 3. The highest BCUT2D eigenvalue weighted by Crippen LogP contribution is 2.31. The number of carbonyl (C=O) groups excluding carboxylic acids is 3. The topological polar surface area (TPSA) is 110 Å². The van der Waals surface area contributed by atoms with Gasteiger partial charge in [0, 0.05) is 10.6 Å². The maximum absolute atomic E-state index is 13.3. The summed E-state index contributed by atoms with van der Waals surface area (Å²) in [5.41, 5.74) is 1.61. The third-order valence-electron chi connectivity index (χ3n) is 5.50. The average Bonchev–Trinajstić information content (AvgIpc) is 2.83. The molecule has 4 amide bonds. The van der Waals surface area contributed by atoms with Gasteiger partial charge in [0.25, 0.3) is 11.8 Å². The summed E-state index contributed by atoms with van der Waals surface area (Å²) in [6.07, 6.45) is 1.70. The summed E-state index contributed by atoms with van der Waals surface area (Å²) in [7, 11) is -4.23. The van der Waals surface area contributed by atoms with E-state index in [2.05, 4.69) is 5.32 Å². The van der Waals surface area contributed by atoms with Crippen molar-refractivity contribution in [3.63, 3.8) is 0 Å². The predicted octanol–water partition coefficient (Wildman–Crippen LogP) is 4.64. The van der Waals surface area contributed by atoms with Crippen LogP contribution in [0.15, 0.2) is 77.2 Å². The van der Waals surface area contributed by atoms with Crippen LogP contribution in [-0.2, 0) is 26.1 Å². The maximum atomic E-state index is 13.3. The molecule has 0 unspecified atom stereocenters. The number of anilines is 1. The van der Waals surface area contributed by atoms with Crippen molar-refractivity contribution in [1.82, 2.24) is 5.32 Å². The quantitative estimate of drug-likeness (QED) is 0.286. The van der Waals surface area contributed by atoms with E-state index in [0.29, 0.717) is 12.1 Å². The second-order valence-corrected chi connectivity index (χ2v) is 9.96. The molecular weight excluding hydrogens is 504 g/mol. The van der Waals surface area contributed by atoms with Crippen LogP contribution in [0.5, 0.6) is 5.75 Å². The molecule has 1 saturated heterocycles. The third-order valence-corrected chi connectivity index (χ3v) is 6.98. The number of para-hydroxylation sites is 1. The van der Waals surface area contributed by atoms with E-state index in [1.54, 1.807) is 36.4 Å². The first-order chi connectivity index (χ1) is 17.1. The Bertz CT molecular complexity index is 1510. The molecule has 1 aliphatic rings. The second kappa shape index (κ2) is 9.96. The fourth-order valence-electron chi connectivity index (χ4n) is 3.64. The molecule has 1 aliphatic heterocycles. The lowest BCUT2D eigenvalue weighted by atomic mass is 10.0. The molecule has 1 N–H and O–H groups in total. The molecule has 0 aromatic heterocycles. The molecule has 3 aromatic carbocycles. The summed E-state index contributed by atoms with van der Waals surface area (Å²) in [6, 6.07) is 16.1. The summed E-state index contributed by atoms with van der Waals surface area (Å²) in [5.74, 6) is -1.94. The average molecular weight is 525 g/mol. The molecule has 0 bridgehead atoms. The van der Waals surface area contributed by atoms with Crippen molar-refractivity contribution in [2.24, 2.45) is 0 Å². The van der Waals surface area contributed by atoms with Crippen LogP contribution in [0.3, 0.4) is 0 Å². The number of aryl methyl sites for hydroxylation is 2. The van der Waals surface area contributed by atoms with Crippen LogP contribution in [-0.4, -0.2) is 26.3 Å². The van der Waals surface area contributed by atoms with E-state index < -0.39 is 28.0 Å². The molecule has 8 nitrogen and oxygen atoms in total. The first-order valence-corrected chi connectivity index (χ1v) is 12.7. The van der Waals surface area contributed by atoms with Gasteiger partial charge in [-0.25, -0.2) is 9.69 Å². The number of hydrogen-bond donors (Lipinski definition) is 1. The van der Waals surface area contributed by atoms with E-state index in [1.165, 1.54) is 30.3 Å². The Morgan fingerprint density at radius 2 is 1.69 bits per heavy atom. The zero-order valence-corrected chi connectivity index (χ0v) is 20.9. The van der Waals surface area contributed by atoms with Gasteiger partial charge in [0.15, 0.2) is 0 Å². The largest absolute Gasteiger partial charge is 0.378 e. The lowest BCUT2D eigenvalue weighted by molar-refractivity contribution is -0.122. The fraction of sp³-hybridized carbons (Fsp3) is 0.115. The van der Waals surface area contributed by atoms with Crippen LogP contribution < -0.4 is 14.4 Å². The van der Waals surface area contributed by atoms with Crippen LogP contribution in [0, 0.1) is 6.92 Å². The molecular formula is C26H21ClN2O6S. The first-order valence-electron chi connectivity index (χ1n) is 10.9. The number of imide groups is 2. The molecule has 3 aromatic rings. The fourth-order valence-corrected chi connectivity index (χ4v) is 4.77. The van der Waals surface area contributed by atoms with Crippen molar-refractivity contribution in [2.45, 2.75) is 25.2 Å². The molecule has 10 heteroatoms. The van der Waals surface area contributed by atoms with Crippen LogP contribution in [0.1, 0.15) is 23.6 Å². The molecule has 1 fully saturated rings. The van der Waals surface area contributed by atoms with Crippen molar-refractivity contribution in [3.05, 3.63) is 94.0 Å². The lowest BCUT2D eigenvalue weighted by Gasteiger charge is -2.28. The molecule has 0 radical (unpaired) electrons. The molecule has 1 heterocycles. The second-order valence-electron chi connectivity index (χ2n) is 7.97. The van der Waals surface area contributed by atoms with Crippen molar-refractivity contribution in [3.8, 4) is 5.75 Å². The number of halogens is 1. The van der Waals surface area contributed by atoms with Gasteiger partial charge in [0.05, 0.1) is 5.69 Å². The Morgan fingerprint density at radius 3 is 2.39 bits per heavy atom. The van der Waals surface area contributed by atoms with E-state index in [1.807, 2.05) is 13.8 Å². The van der Waals surface area contributed by atoms with Gasteiger partial charge < -0.3 is 4.18 Å². The van der Waals surface area contributed by atoms with E-state index in [4.69, 9.17) is 15.8 Å². The van der Waals surface area contributed by atoms with E-state index in [9.17, 15) is 22.8 Å². The zero-order valence-electron chi connectivity index (χ0n) is 19.3. The highest BCUT2D eigenvalue weighted by molar-refractivity contribution is 7.87. The predicted molar refractivity (Wildman–Crippen MR) is 135 cm³/mol. The number of amides is 4. The molecule has 0 atom stereocenters. The van der Waals surface area contributed by atoms with Crippen molar-refractivity contribution < 1.29 is 27.0 Å². The van der Waals surface area contributed by atoms with Crippen molar-refractivity contribution in [2.75, 3.05) is 4.90 Å². The maximum Gasteiger partial charge on any atom is 0.339 e. The summed E-state index contributed by atoms with van der Waals surface area (Å²) in [4.78, 5) is 39.4. The number of carbonyl (C=O) groups is 3. The standard InChI is InChI=1S/C26H21ClN2O6S/c1-3-17-6-4-5-7-22(17)29-25(31)21(24(30)28-26(29)32)15-18-14-19(27)10-13-23(18)35-36(33,34)20-11-8-16(2)9-12-20/h4-15H,3H2,1-2H3,(H,28,30,32)/b21-15-. The van der Waals surface area contributed by atoms with Crippen LogP contribution in [0.25, 0.3) is 6.08 Å². The zero-order chi connectivity index (χ0) is 26.0. The first kappa shape index (κ1) is 25.2. The Hall–Kier alpha value is -3.95. The molecule has 4 rings (SSSR count). The Balaban J connectivity index is 1.76. The van der Waals surface area contributed by atoms with E-state index >= 15 is 0 Å². The Morgan fingerprint density at radius 1 is 1.00 bits per heavy atom. The monoisotopic (exact) mass is 524 g/mol. The molecule has 0 saturated carbocycles. The Kier molecular flexibility index (Phi) is 6.96. The summed E-state index contributed by atoms with van der Waals surface area (Å²) in [6.45, 7) is 3.69. The van der Waals surface area contributed by atoms with Gasteiger partial charge in [-0.15, -0.1) is 0 Å². The van der Waals surface area contributed by atoms with Gasteiger partial charge in [-0.3, -0.25) is 14.9 Å². The minimum atomic E-state index is -4.23. The van der Waals surface area contributed by atoms with Gasteiger partial charge >= 0.3 is 16.1 Å². The summed E-state index contributed by atoms with van der Waals surface area (Å²) < 4.78 is 31.0. The number of urea groups is 1. The Labute approximate surface area is 213 Å². The minimum Gasteiger partial charge on any atom is -0.378 e. The van der Waals surface area contributed by atoms with Crippen LogP contribution in [0.4, 0.5) is 10.5 Å². The third kappa shape index (κ3) is 5.02. The minimum absolute atomic E-state index is 0.0646. The van der Waals surface area contributed by atoms with E-state index in [-0.39, 0.29) is 26.8 Å². The summed E-state index contributed by atoms with van der Waals surface area (Å²) in [5, 5.41) is 2.38. The molecule has 0 spiro atoms. The van der Waals surface area contributed by atoms with Gasteiger partial charge in [-0.05, 0) is 61.4 Å². The number of barbiturate groups is 1. The normalized spacial score (nSPS) is 15.2. The summed E-state index contributed by atoms with van der Waals surface area (Å²) >= 11 is 6.12. The molecule has 184 valence electrons. The molecule has 36 heavy (non-hydrogen) atoms. The van der Waals surface area contributed by atoms with Gasteiger partial charge in [0.2, 0.25) is 0 Å². The number of nitrogens with one attached hydrogen (secondary N) is 1. The van der Waals surface area contributed by atoms with Crippen LogP contribution in [0.2, 0.25) is 5.02 Å². The van der Waals surface area contributed by atoms with Crippen molar-refractivity contribution >= 4 is 51.3 Å². The SMILES string of the molecule is CCc1ccccc1N1C(=O)NC(=O)/C(=C/c2cc(Cl)ccc2OS(=O)(=O)c2ccc(C)cc2)C1=O. The van der Waals surface area contributed by atoms with Gasteiger partial charge in [-0.2, -0.15) is 8.42 Å². The number of rotatable bonds is 6. The highest BCUT2D eigenvalue weighted by atomic mass is 35.5. The molecule has 0 aliphatic carbocycles. The van der Waals surface area contributed by atoms with Crippen molar-refractivity contribution in [1.29, 1.82) is 0 Å². The van der Waals surface area contributed by atoms with Gasteiger partial charge in [0.1, 0.15) is 16.2 Å². The lowest BCUT2D eigenvalue weighted by Crippen LogP contribution is -2.54.